The molecule has 1 saturated heterocycles. The molecule has 3 rings (SSSR count). The Morgan fingerprint density at radius 1 is 1.09 bits per heavy atom. The van der Waals surface area contributed by atoms with Crippen LogP contribution in [0.2, 0.25) is 0 Å². The Balaban J connectivity index is 1.54. The molecule has 1 aromatic rings. The van der Waals surface area contributed by atoms with Gasteiger partial charge in [0, 0.05) is 31.4 Å². The highest BCUT2D eigenvalue weighted by Gasteiger charge is 2.25. The molecule has 1 aliphatic heterocycles. The molecule has 1 heterocycles. The number of allylic oxidation sites excluding steroid dienone is 1. The van der Waals surface area contributed by atoms with Crippen LogP contribution >= 0.6 is 0 Å². The third-order valence-electron chi connectivity index (χ3n) is 8.24. The van der Waals surface area contributed by atoms with Crippen LogP contribution in [0.25, 0.3) is 0 Å². The Morgan fingerprint density at radius 2 is 1.76 bits per heavy atom. The van der Waals surface area contributed by atoms with Crippen molar-refractivity contribution < 1.29 is 4.79 Å². The molecule has 0 bridgehead atoms. The van der Waals surface area contributed by atoms with Crippen LogP contribution in [-0.2, 0) is 11.2 Å². The van der Waals surface area contributed by atoms with Gasteiger partial charge in [-0.1, -0.05) is 62.8 Å². The first-order valence-corrected chi connectivity index (χ1v) is 13.9. The number of nitrogens with zero attached hydrogens (tertiary/aromatic N) is 2. The van der Waals surface area contributed by atoms with Crippen molar-refractivity contribution in [1.82, 2.24) is 4.90 Å². The average molecular weight is 468 g/mol. The molecule has 0 amide bonds. The largest absolute Gasteiger partial charge is 0.365 e. The molecule has 2 atom stereocenters. The first kappa shape index (κ1) is 26.9. The molecule has 0 spiro atoms. The molecule has 4 heteroatoms. The van der Waals surface area contributed by atoms with Crippen molar-refractivity contribution >= 4 is 12.0 Å². The van der Waals surface area contributed by atoms with E-state index in [9.17, 15) is 4.79 Å². The van der Waals surface area contributed by atoms with E-state index in [0.717, 1.165) is 44.8 Å². The van der Waals surface area contributed by atoms with Gasteiger partial charge < -0.3 is 20.3 Å². The number of piperidine rings is 1. The number of rotatable bonds is 12. The molecular formula is C30H49N3O. The Kier molecular flexibility index (Phi) is 11.1. The molecule has 1 aliphatic carbocycles. The number of likely N-dealkylation sites (tertiary alicyclic amines) is 1. The van der Waals surface area contributed by atoms with Gasteiger partial charge in [0.2, 0.25) is 0 Å². The Labute approximate surface area is 209 Å². The summed E-state index contributed by atoms with van der Waals surface area (Å²) >= 11 is 0. The van der Waals surface area contributed by atoms with E-state index < -0.39 is 0 Å². The molecule has 34 heavy (non-hydrogen) atoms. The van der Waals surface area contributed by atoms with Crippen LogP contribution in [0, 0.1) is 11.8 Å². The zero-order valence-corrected chi connectivity index (χ0v) is 22.1. The van der Waals surface area contributed by atoms with Crippen LogP contribution in [0.4, 0.5) is 5.69 Å². The lowest BCUT2D eigenvalue weighted by atomic mass is 9.85. The van der Waals surface area contributed by atoms with Gasteiger partial charge in [-0.3, -0.25) is 0 Å². The normalized spacial score (nSPS) is 20.0. The number of hydrogen-bond donors (Lipinski definition) is 1. The van der Waals surface area contributed by atoms with E-state index in [2.05, 4.69) is 60.9 Å². The molecule has 2 fully saturated rings. The molecule has 2 aliphatic rings. The molecule has 2 unspecified atom stereocenters. The summed E-state index contributed by atoms with van der Waals surface area (Å²) in [6, 6.07) is 9.73. The van der Waals surface area contributed by atoms with Crippen molar-refractivity contribution in [2.45, 2.75) is 97.1 Å². The fraction of sp³-hybridized carbons (Fsp3) is 0.700. The SMILES string of the molecule is CC(C)=CCN(c1ccc(CCC2CCCCC2)cc1)C1CCN(CCC(C)C(N)C=O)CC1. The van der Waals surface area contributed by atoms with Crippen molar-refractivity contribution in [2.75, 3.05) is 31.1 Å². The zero-order chi connectivity index (χ0) is 24.3. The molecule has 190 valence electrons. The maximum atomic E-state index is 10.9. The van der Waals surface area contributed by atoms with E-state index in [-0.39, 0.29) is 12.0 Å². The monoisotopic (exact) mass is 467 g/mol. The van der Waals surface area contributed by atoms with Crippen molar-refractivity contribution in [3.8, 4) is 0 Å². The fourth-order valence-electron chi connectivity index (χ4n) is 5.61. The molecule has 2 N–H and O–H groups in total. The highest BCUT2D eigenvalue weighted by Crippen LogP contribution is 2.29. The van der Waals surface area contributed by atoms with Gasteiger partial charge in [-0.2, -0.15) is 0 Å². The highest BCUT2D eigenvalue weighted by molar-refractivity contribution is 5.57. The van der Waals surface area contributed by atoms with E-state index in [1.807, 2.05) is 0 Å². The molecular weight excluding hydrogens is 418 g/mol. The summed E-state index contributed by atoms with van der Waals surface area (Å²) in [6.45, 7) is 10.8. The smallest absolute Gasteiger partial charge is 0.136 e. The van der Waals surface area contributed by atoms with Crippen LogP contribution in [0.1, 0.15) is 84.1 Å². The van der Waals surface area contributed by atoms with Gasteiger partial charge in [0.15, 0.2) is 0 Å². The van der Waals surface area contributed by atoms with Crippen LogP contribution < -0.4 is 10.6 Å². The van der Waals surface area contributed by atoms with Crippen molar-refractivity contribution in [1.29, 1.82) is 0 Å². The zero-order valence-electron chi connectivity index (χ0n) is 22.1. The van der Waals surface area contributed by atoms with E-state index in [0.29, 0.717) is 6.04 Å². The third kappa shape index (κ3) is 8.53. The van der Waals surface area contributed by atoms with Gasteiger partial charge in [0.1, 0.15) is 6.29 Å². The number of benzene rings is 1. The van der Waals surface area contributed by atoms with Crippen LogP contribution in [0.15, 0.2) is 35.9 Å². The van der Waals surface area contributed by atoms with Crippen molar-refractivity contribution in [3.63, 3.8) is 0 Å². The molecule has 1 aromatic carbocycles. The number of carbonyl (C=O) groups is 1. The molecule has 0 radical (unpaired) electrons. The first-order valence-electron chi connectivity index (χ1n) is 13.9. The van der Waals surface area contributed by atoms with Gasteiger partial charge in [-0.25, -0.2) is 0 Å². The number of aldehydes is 1. The summed E-state index contributed by atoms with van der Waals surface area (Å²) in [5.41, 5.74) is 10.1. The second kappa shape index (κ2) is 14.0. The van der Waals surface area contributed by atoms with Crippen LogP contribution in [0.3, 0.4) is 0 Å². The van der Waals surface area contributed by atoms with Crippen LogP contribution in [0.5, 0.6) is 0 Å². The molecule has 1 saturated carbocycles. The predicted octanol–water partition coefficient (Wildman–Crippen LogP) is 5.99. The Morgan fingerprint density at radius 3 is 2.38 bits per heavy atom. The number of anilines is 1. The van der Waals surface area contributed by atoms with E-state index in [1.54, 1.807) is 0 Å². The summed E-state index contributed by atoms with van der Waals surface area (Å²) in [7, 11) is 0. The maximum Gasteiger partial charge on any atom is 0.136 e. The average Bonchev–Trinajstić information content (AvgIpc) is 2.87. The van der Waals surface area contributed by atoms with Gasteiger partial charge in [0.05, 0.1) is 6.04 Å². The lowest BCUT2D eigenvalue weighted by Gasteiger charge is -2.40. The molecule has 4 nitrogen and oxygen atoms in total. The highest BCUT2D eigenvalue weighted by atomic mass is 16.1. The minimum absolute atomic E-state index is 0.251. The number of carbonyl (C=O) groups excluding carboxylic acids is 1. The summed E-state index contributed by atoms with van der Waals surface area (Å²) in [5.74, 6) is 1.20. The number of hydrogen-bond acceptors (Lipinski definition) is 4. The van der Waals surface area contributed by atoms with Gasteiger partial charge in [0.25, 0.3) is 0 Å². The quantitative estimate of drug-likeness (QED) is 0.303. The lowest BCUT2D eigenvalue weighted by Crippen LogP contribution is -2.46. The Hall–Kier alpha value is -1.65. The molecule has 0 aromatic heterocycles. The van der Waals surface area contributed by atoms with Gasteiger partial charge in [-0.15, -0.1) is 0 Å². The Bertz CT molecular complexity index is 741. The van der Waals surface area contributed by atoms with E-state index in [4.69, 9.17) is 5.73 Å². The fourth-order valence-corrected chi connectivity index (χ4v) is 5.61. The van der Waals surface area contributed by atoms with Gasteiger partial charge >= 0.3 is 0 Å². The minimum Gasteiger partial charge on any atom is -0.365 e. The van der Waals surface area contributed by atoms with E-state index >= 15 is 0 Å². The second-order valence-electron chi connectivity index (χ2n) is 11.2. The third-order valence-corrected chi connectivity index (χ3v) is 8.24. The predicted molar refractivity (Wildman–Crippen MR) is 145 cm³/mol. The first-order chi connectivity index (χ1) is 16.5. The van der Waals surface area contributed by atoms with Gasteiger partial charge in [-0.05, 0) is 82.0 Å². The summed E-state index contributed by atoms with van der Waals surface area (Å²) in [6.07, 6.45) is 16.4. The van der Waals surface area contributed by atoms with Crippen LogP contribution in [-0.4, -0.2) is 49.4 Å². The topological polar surface area (TPSA) is 49.6 Å². The number of aryl methyl sites for hydroxylation is 1. The lowest BCUT2D eigenvalue weighted by molar-refractivity contribution is -0.109. The summed E-state index contributed by atoms with van der Waals surface area (Å²) in [4.78, 5) is 16.1. The summed E-state index contributed by atoms with van der Waals surface area (Å²) < 4.78 is 0. The van der Waals surface area contributed by atoms with Crippen molar-refractivity contribution in [3.05, 3.63) is 41.5 Å². The minimum atomic E-state index is -0.331. The second-order valence-corrected chi connectivity index (χ2v) is 11.2. The number of nitrogens with two attached hydrogens (primary N) is 1. The van der Waals surface area contributed by atoms with E-state index in [1.165, 1.54) is 74.6 Å². The van der Waals surface area contributed by atoms with Crippen molar-refractivity contribution in [2.24, 2.45) is 17.6 Å². The maximum absolute atomic E-state index is 10.9. The standard InChI is InChI=1S/C30H49N3O/c1-24(2)15-22-33(29-17-20-32(21-18-29)19-16-25(3)30(31)23-34)28-13-11-27(12-14-28)10-9-26-7-5-4-6-8-26/h11-15,23,25-26,29-30H,4-10,16-22,31H2,1-3H3. The summed E-state index contributed by atoms with van der Waals surface area (Å²) in [5, 5.41) is 0.